The number of sulfonamides is 1. The van der Waals surface area contributed by atoms with E-state index in [1.807, 2.05) is 27.7 Å². The van der Waals surface area contributed by atoms with E-state index in [0.29, 0.717) is 22.2 Å². The third-order valence-corrected chi connectivity index (χ3v) is 9.22. The minimum Gasteiger partial charge on any atom is -0.495 e. The first kappa shape index (κ1) is 33.2. The van der Waals surface area contributed by atoms with E-state index in [0.717, 1.165) is 15.4 Å². The monoisotopic (exact) mass is 633 g/mol. The maximum atomic E-state index is 14.2. The molecule has 1 unspecified atom stereocenters. The molecule has 0 aromatic heterocycles. The van der Waals surface area contributed by atoms with Crippen molar-refractivity contribution in [2.75, 3.05) is 24.5 Å². The van der Waals surface area contributed by atoms with Crippen LogP contribution in [0.1, 0.15) is 37.5 Å². The van der Waals surface area contributed by atoms with Crippen molar-refractivity contribution in [2.24, 2.45) is 5.92 Å². The molecule has 1 atom stereocenters. The van der Waals surface area contributed by atoms with E-state index in [2.05, 4.69) is 5.32 Å². The maximum absolute atomic E-state index is 14.2. The van der Waals surface area contributed by atoms with Crippen LogP contribution < -0.4 is 14.4 Å². The molecule has 0 saturated heterocycles. The number of nitrogens with one attached hydrogen (secondary N) is 1. The van der Waals surface area contributed by atoms with Gasteiger partial charge >= 0.3 is 0 Å². The second-order valence-electron chi connectivity index (χ2n) is 10.5. The zero-order valence-corrected chi connectivity index (χ0v) is 27.0. The van der Waals surface area contributed by atoms with Crippen LogP contribution in [-0.4, -0.2) is 51.4 Å². The summed E-state index contributed by atoms with van der Waals surface area (Å²) in [7, 11) is -2.82. The fraction of sp³-hybridized carbons (Fsp3) is 0.355. The summed E-state index contributed by atoms with van der Waals surface area (Å²) in [5, 5.41) is 3.49. The molecular weight excluding hydrogens is 597 g/mol. The van der Waals surface area contributed by atoms with E-state index in [-0.39, 0.29) is 34.7 Å². The molecule has 0 aliphatic rings. The summed E-state index contributed by atoms with van der Waals surface area (Å²) in [5.41, 5.74) is 2.29. The number of benzene rings is 3. The van der Waals surface area contributed by atoms with Crippen molar-refractivity contribution in [3.63, 3.8) is 0 Å². The van der Waals surface area contributed by atoms with Crippen molar-refractivity contribution >= 4 is 50.7 Å². The Balaban J connectivity index is 2.12. The Morgan fingerprint density at radius 2 is 1.52 bits per heavy atom. The van der Waals surface area contributed by atoms with E-state index in [1.165, 1.54) is 24.1 Å². The third kappa shape index (κ3) is 7.96. The summed E-state index contributed by atoms with van der Waals surface area (Å²) in [6.45, 7) is 8.85. The number of aryl methyl sites for hydroxylation is 2. The average molecular weight is 635 g/mol. The Hall–Kier alpha value is -3.27. The normalized spacial score (nSPS) is 12.1. The Bertz CT molecular complexity index is 1510. The fourth-order valence-electron chi connectivity index (χ4n) is 4.23. The van der Waals surface area contributed by atoms with Gasteiger partial charge in [0.25, 0.3) is 10.0 Å². The highest BCUT2D eigenvalue weighted by atomic mass is 35.5. The zero-order valence-electron chi connectivity index (χ0n) is 24.6. The highest BCUT2D eigenvalue weighted by Gasteiger charge is 2.34. The largest absolute Gasteiger partial charge is 0.495 e. The van der Waals surface area contributed by atoms with Gasteiger partial charge < -0.3 is 15.0 Å². The summed E-state index contributed by atoms with van der Waals surface area (Å²) < 4.78 is 34.7. The molecule has 3 aromatic carbocycles. The highest BCUT2D eigenvalue weighted by molar-refractivity contribution is 7.92. The molecule has 42 heavy (non-hydrogen) atoms. The van der Waals surface area contributed by atoms with Gasteiger partial charge in [0.15, 0.2) is 0 Å². The molecule has 0 saturated carbocycles. The van der Waals surface area contributed by atoms with Gasteiger partial charge in [-0.25, -0.2) is 8.42 Å². The number of carbonyl (C=O) groups is 2. The van der Waals surface area contributed by atoms with Crippen molar-refractivity contribution < 1.29 is 22.7 Å². The summed E-state index contributed by atoms with van der Waals surface area (Å²) in [6.07, 6.45) is 0. The van der Waals surface area contributed by atoms with E-state index in [1.54, 1.807) is 55.5 Å². The molecule has 0 fully saturated rings. The molecule has 2 amide bonds. The minimum absolute atomic E-state index is 0.00730. The second-order valence-corrected chi connectivity index (χ2v) is 13.2. The standard InChI is InChI=1S/C31H37Cl2N3O5S/c1-20(2)17-34-31(38)23(5)35(18-25-26(32)8-7-9-27(25)33)30(37)19-36(28-16-22(4)12-15-29(28)41-6)42(39,40)24-13-10-21(3)11-14-24/h7-16,20,23H,17-19H2,1-6H3,(H,34,38). The lowest BCUT2D eigenvalue weighted by Crippen LogP contribution is -2.51. The van der Waals surface area contributed by atoms with Gasteiger partial charge in [-0.2, -0.15) is 0 Å². The molecule has 3 rings (SSSR count). The first-order valence-electron chi connectivity index (χ1n) is 13.5. The number of carbonyl (C=O) groups excluding carboxylic acids is 2. The van der Waals surface area contributed by atoms with Crippen molar-refractivity contribution in [1.82, 2.24) is 10.2 Å². The smallest absolute Gasteiger partial charge is 0.264 e. The van der Waals surface area contributed by atoms with E-state index < -0.39 is 28.5 Å². The minimum atomic E-state index is -4.25. The molecule has 0 bridgehead atoms. The van der Waals surface area contributed by atoms with Crippen LogP contribution in [0.25, 0.3) is 0 Å². The maximum Gasteiger partial charge on any atom is 0.264 e. The summed E-state index contributed by atoms with van der Waals surface area (Å²) >= 11 is 12.9. The first-order chi connectivity index (χ1) is 19.8. The van der Waals surface area contributed by atoms with Crippen LogP contribution in [-0.2, 0) is 26.2 Å². The van der Waals surface area contributed by atoms with Crippen molar-refractivity contribution in [3.05, 3.63) is 87.4 Å². The summed E-state index contributed by atoms with van der Waals surface area (Å²) in [6, 6.07) is 15.4. The van der Waals surface area contributed by atoms with E-state index in [9.17, 15) is 18.0 Å². The van der Waals surface area contributed by atoms with Crippen LogP contribution in [0.15, 0.2) is 65.6 Å². The van der Waals surface area contributed by atoms with Gasteiger partial charge in [0.2, 0.25) is 11.8 Å². The molecule has 1 N–H and O–H groups in total. The molecule has 0 radical (unpaired) electrons. The molecule has 0 heterocycles. The number of halogens is 2. The number of hydrogen-bond donors (Lipinski definition) is 1. The number of hydrogen-bond acceptors (Lipinski definition) is 5. The topological polar surface area (TPSA) is 96.0 Å². The number of amides is 2. The van der Waals surface area contributed by atoms with Gasteiger partial charge in [-0.1, -0.05) is 66.9 Å². The predicted octanol–water partition coefficient (Wildman–Crippen LogP) is 6.00. The Kier molecular flexibility index (Phi) is 11.3. The number of ether oxygens (including phenoxy) is 1. The van der Waals surface area contributed by atoms with Crippen LogP contribution >= 0.6 is 23.2 Å². The molecule has 11 heteroatoms. The number of methoxy groups -OCH3 is 1. The molecule has 3 aromatic rings. The molecule has 0 aliphatic carbocycles. The molecule has 226 valence electrons. The van der Waals surface area contributed by atoms with Gasteiger partial charge in [-0.05, 0) is 68.7 Å². The Morgan fingerprint density at radius 1 is 0.929 bits per heavy atom. The Morgan fingerprint density at radius 3 is 2.10 bits per heavy atom. The molecular formula is C31H37Cl2N3O5S. The third-order valence-electron chi connectivity index (χ3n) is 6.73. The SMILES string of the molecule is COc1ccc(C)cc1N(CC(=O)N(Cc1c(Cl)cccc1Cl)C(C)C(=O)NCC(C)C)S(=O)(=O)c1ccc(C)cc1. The lowest BCUT2D eigenvalue weighted by molar-refractivity contribution is -0.139. The van der Waals surface area contributed by atoms with Gasteiger partial charge in [0.1, 0.15) is 18.3 Å². The van der Waals surface area contributed by atoms with Gasteiger partial charge in [-0.15, -0.1) is 0 Å². The van der Waals surface area contributed by atoms with Crippen molar-refractivity contribution in [2.45, 2.75) is 52.1 Å². The fourth-order valence-corrected chi connectivity index (χ4v) is 6.17. The van der Waals surface area contributed by atoms with E-state index in [4.69, 9.17) is 27.9 Å². The Labute approximate surface area is 258 Å². The average Bonchev–Trinajstić information content (AvgIpc) is 2.94. The second kappa shape index (κ2) is 14.3. The van der Waals surface area contributed by atoms with Crippen molar-refractivity contribution in [1.29, 1.82) is 0 Å². The zero-order chi connectivity index (χ0) is 31.2. The molecule has 0 aliphatic heterocycles. The van der Waals surface area contributed by atoms with Gasteiger partial charge in [-0.3, -0.25) is 13.9 Å². The molecule has 0 spiro atoms. The van der Waals surface area contributed by atoms with Crippen molar-refractivity contribution in [3.8, 4) is 5.75 Å². The number of anilines is 1. The van der Waals surface area contributed by atoms with Gasteiger partial charge in [0.05, 0.1) is 17.7 Å². The van der Waals surface area contributed by atoms with Gasteiger partial charge in [0, 0.05) is 28.7 Å². The quantitative estimate of drug-likeness (QED) is 0.264. The number of nitrogens with zero attached hydrogens (tertiary/aromatic N) is 2. The summed E-state index contributed by atoms with van der Waals surface area (Å²) in [4.78, 5) is 28.7. The van der Waals surface area contributed by atoms with Crippen LogP contribution in [0.5, 0.6) is 5.75 Å². The van der Waals surface area contributed by atoms with E-state index >= 15 is 0 Å². The number of rotatable bonds is 12. The van der Waals surface area contributed by atoms with Crippen LogP contribution in [0.2, 0.25) is 10.0 Å². The first-order valence-corrected chi connectivity index (χ1v) is 15.7. The summed E-state index contributed by atoms with van der Waals surface area (Å²) in [5.74, 6) is -0.557. The lowest BCUT2D eigenvalue weighted by atomic mass is 10.1. The predicted molar refractivity (Wildman–Crippen MR) is 168 cm³/mol. The van der Waals surface area contributed by atoms with Crippen LogP contribution in [0.3, 0.4) is 0 Å². The van der Waals surface area contributed by atoms with Crippen LogP contribution in [0.4, 0.5) is 5.69 Å². The van der Waals surface area contributed by atoms with Crippen LogP contribution in [0, 0.1) is 19.8 Å². The lowest BCUT2D eigenvalue weighted by Gasteiger charge is -2.33. The molecule has 8 nitrogen and oxygen atoms in total. The highest BCUT2D eigenvalue weighted by Crippen LogP contribution is 2.34.